The molecule has 3 N–H and O–H groups in total. The first-order valence-corrected chi connectivity index (χ1v) is 8.20. The van der Waals surface area contributed by atoms with Gasteiger partial charge in [-0.3, -0.25) is 14.4 Å². The van der Waals surface area contributed by atoms with Crippen molar-refractivity contribution >= 4 is 17.7 Å². The number of benzene rings is 1. The minimum atomic E-state index is -0.735. The molecule has 7 heteroatoms. The number of rotatable bonds is 8. The van der Waals surface area contributed by atoms with E-state index in [1.807, 2.05) is 26.0 Å². The van der Waals surface area contributed by atoms with Crippen molar-refractivity contribution in [2.45, 2.75) is 39.3 Å². The van der Waals surface area contributed by atoms with Gasteiger partial charge in [-0.1, -0.05) is 26.0 Å². The Morgan fingerprint density at radius 3 is 2.08 bits per heavy atom. The number of methoxy groups -OCH3 is 1. The van der Waals surface area contributed by atoms with Crippen molar-refractivity contribution in [3.8, 4) is 5.75 Å². The number of carbonyl (C=O) groups excluding carboxylic acids is 3. The third kappa shape index (κ3) is 6.45. The summed E-state index contributed by atoms with van der Waals surface area (Å²) >= 11 is 0. The van der Waals surface area contributed by atoms with Gasteiger partial charge in [0.05, 0.1) is 7.11 Å². The van der Waals surface area contributed by atoms with E-state index in [2.05, 4.69) is 16.0 Å². The minimum absolute atomic E-state index is 0.102. The SMILES string of the molecule is CNC(=O)[C@H](Cc1ccc(OC)cc1)NC(=O)[C@@H](NC(C)=O)C(C)C. The summed E-state index contributed by atoms with van der Waals surface area (Å²) in [6.07, 6.45) is 0.334. The summed E-state index contributed by atoms with van der Waals surface area (Å²) in [6, 6.07) is 5.85. The Balaban J connectivity index is 2.88. The Kier molecular flexibility index (Phi) is 7.91. The maximum atomic E-state index is 12.5. The Morgan fingerprint density at radius 2 is 1.64 bits per heavy atom. The molecular weight excluding hydrogens is 322 g/mol. The molecule has 0 aromatic heterocycles. The van der Waals surface area contributed by atoms with Gasteiger partial charge in [0.25, 0.3) is 0 Å². The van der Waals surface area contributed by atoms with Gasteiger partial charge in [0.15, 0.2) is 0 Å². The molecule has 0 spiro atoms. The lowest BCUT2D eigenvalue weighted by atomic mass is 10.0. The van der Waals surface area contributed by atoms with Crippen LogP contribution in [0.5, 0.6) is 5.75 Å². The maximum absolute atomic E-state index is 12.5. The second kappa shape index (κ2) is 9.66. The molecular formula is C18H27N3O4. The second-order valence-corrected chi connectivity index (χ2v) is 6.15. The lowest BCUT2D eigenvalue weighted by molar-refractivity contribution is -0.132. The van der Waals surface area contributed by atoms with Crippen molar-refractivity contribution in [3.63, 3.8) is 0 Å². The van der Waals surface area contributed by atoms with Gasteiger partial charge in [-0.2, -0.15) is 0 Å². The van der Waals surface area contributed by atoms with E-state index in [-0.39, 0.29) is 23.6 Å². The van der Waals surface area contributed by atoms with Crippen molar-refractivity contribution < 1.29 is 19.1 Å². The average Bonchev–Trinajstić information content (AvgIpc) is 2.58. The van der Waals surface area contributed by atoms with Crippen LogP contribution >= 0.6 is 0 Å². The van der Waals surface area contributed by atoms with Gasteiger partial charge in [-0.05, 0) is 23.6 Å². The van der Waals surface area contributed by atoms with E-state index in [9.17, 15) is 14.4 Å². The number of carbonyl (C=O) groups is 3. The third-order valence-electron chi connectivity index (χ3n) is 3.79. The topological polar surface area (TPSA) is 96.5 Å². The summed E-state index contributed by atoms with van der Waals surface area (Å²) in [4.78, 5) is 36.0. The Hall–Kier alpha value is -2.57. The van der Waals surface area contributed by atoms with Crippen LogP contribution in [-0.4, -0.2) is 44.0 Å². The molecule has 1 aromatic rings. The highest BCUT2D eigenvalue weighted by atomic mass is 16.5. The fourth-order valence-corrected chi connectivity index (χ4v) is 2.40. The predicted octanol–water partition coefficient (Wildman–Crippen LogP) is 0.629. The number of hydrogen-bond acceptors (Lipinski definition) is 4. The number of amides is 3. The van der Waals surface area contributed by atoms with Crippen molar-refractivity contribution in [1.82, 2.24) is 16.0 Å². The van der Waals surface area contributed by atoms with E-state index in [0.717, 1.165) is 11.3 Å². The van der Waals surface area contributed by atoms with Gasteiger partial charge in [-0.15, -0.1) is 0 Å². The summed E-state index contributed by atoms with van der Waals surface area (Å²) in [7, 11) is 3.10. The quantitative estimate of drug-likeness (QED) is 0.641. The highest BCUT2D eigenvalue weighted by Gasteiger charge is 2.27. The first kappa shape index (κ1) is 20.5. The lowest BCUT2D eigenvalue weighted by Crippen LogP contribution is -2.55. The molecule has 0 unspecified atom stereocenters. The number of hydrogen-bond donors (Lipinski definition) is 3. The van der Waals surface area contributed by atoms with E-state index >= 15 is 0 Å². The number of likely N-dealkylation sites (N-methyl/N-ethyl adjacent to an activating group) is 1. The van der Waals surface area contributed by atoms with Gasteiger partial charge < -0.3 is 20.7 Å². The smallest absolute Gasteiger partial charge is 0.243 e. The van der Waals surface area contributed by atoms with Gasteiger partial charge in [0.2, 0.25) is 17.7 Å². The van der Waals surface area contributed by atoms with Gasteiger partial charge in [-0.25, -0.2) is 0 Å². The summed E-state index contributed by atoms with van der Waals surface area (Å²) in [5.74, 6) is -0.354. The Morgan fingerprint density at radius 1 is 1.04 bits per heavy atom. The highest BCUT2D eigenvalue weighted by Crippen LogP contribution is 2.13. The fraction of sp³-hybridized carbons (Fsp3) is 0.500. The predicted molar refractivity (Wildman–Crippen MR) is 95.1 cm³/mol. The van der Waals surface area contributed by atoms with Gasteiger partial charge >= 0.3 is 0 Å². The van der Waals surface area contributed by atoms with Crippen molar-refractivity contribution in [3.05, 3.63) is 29.8 Å². The average molecular weight is 349 g/mol. The molecule has 7 nitrogen and oxygen atoms in total. The van der Waals surface area contributed by atoms with Crippen LogP contribution in [0.2, 0.25) is 0 Å². The largest absolute Gasteiger partial charge is 0.497 e. The van der Waals surface area contributed by atoms with E-state index in [1.54, 1.807) is 19.2 Å². The van der Waals surface area contributed by atoms with Crippen LogP contribution in [0.3, 0.4) is 0 Å². The normalized spacial score (nSPS) is 12.9. The standard InChI is InChI=1S/C18H27N3O4/c1-11(2)16(20-12(3)22)18(24)21-15(17(23)19-4)10-13-6-8-14(25-5)9-7-13/h6-9,11,15-16H,10H2,1-5H3,(H,19,23)(H,20,22)(H,21,24)/t15-,16-/m0/s1. The summed E-state index contributed by atoms with van der Waals surface area (Å²) in [5.41, 5.74) is 0.885. The molecule has 0 aliphatic heterocycles. The molecule has 0 fully saturated rings. The monoisotopic (exact) mass is 349 g/mol. The number of nitrogens with one attached hydrogen (secondary N) is 3. The van der Waals surface area contributed by atoms with E-state index in [0.29, 0.717) is 6.42 Å². The van der Waals surface area contributed by atoms with Crippen molar-refractivity contribution in [1.29, 1.82) is 0 Å². The Labute approximate surface area is 148 Å². The first-order chi connectivity index (χ1) is 11.8. The van der Waals surface area contributed by atoms with E-state index in [4.69, 9.17) is 4.74 Å². The minimum Gasteiger partial charge on any atom is -0.497 e. The van der Waals surface area contributed by atoms with Crippen LogP contribution in [0.15, 0.2) is 24.3 Å². The molecule has 0 saturated carbocycles. The Bertz CT molecular complexity index is 599. The van der Waals surface area contributed by atoms with Crippen molar-refractivity contribution in [2.75, 3.05) is 14.2 Å². The maximum Gasteiger partial charge on any atom is 0.243 e. The van der Waals surface area contributed by atoms with Crippen LogP contribution in [0.1, 0.15) is 26.3 Å². The second-order valence-electron chi connectivity index (χ2n) is 6.15. The summed E-state index contributed by atoms with van der Waals surface area (Å²) < 4.78 is 5.11. The molecule has 0 heterocycles. The molecule has 1 rings (SSSR count). The molecule has 1 aromatic carbocycles. The molecule has 0 bridgehead atoms. The first-order valence-electron chi connectivity index (χ1n) is 8.20. The fourth-order valence-electron chi connectivity index (χ4n) is 2.40. The zero-order valence-corrected chi connectivity index (χ0v) is 15.4. The molecule has 0 radical (unpaired) electrons. The zero-order chi connectivity index (χ0) is 19.0. The van der Waals surface area contributed by atoms with Gasteiger partial charge in [0, 0.05) is 20.4 Å². The van der Waals surface area contributed by atoms with E-state index in [1.165, 1.54) is 14.0 Å². The van der Waals surface area contributed by atoms with Crippen LogP contribution in [-0.2, 0) is 20.8 Å². The molecule has 0 aliphatic carbocycles. The molecule has 0 saturated heterocycles. The summed E-state index contributed by atoms with van der Waals surface area (Å²) in [5, 5.41) is 7.91. The molecule has 0 aliphatic rings. The molecule has 138 valence electrons. The lowest BCUT2D eigenvalue weighted by Gasteiger charge is -2.24. The number of ether oxygens (including phenoxy) is 1. The highest BCUT2D eigenvalue weighted by molar-refractivity contribution is 5.92. The third-order valence-corrected chi connectivity index (χ3v) is 3.79. The molecule has 25 heavy (non-hydrogen) atoms. The van der Waals surface area contributed by atoms with Crippen LogP contribution < -0.4 is 20.7 Å². The summed E-state index contributed by atoms with van der Waals surface area (Å²) in [6.45, 7) is 5.02. The van der Waals surface area contributed by atoms with Crippen molar-refractivity contribution in [2.24, 2.45) is 5.92 Å². The molecule has 3 amide bonds. The van der Waals surface area contributed by atoms with Crippen LogP contribution in [0.4, 0.5) is 0 Å². The van der Waals surface area contributed by atoms with E-state index < -0.39 is 12.1 Å². The van der Waals surface area contributed by atoms with Crippen LogP contribution in [0, 0.1) is 5.92 Å². The van der Waals surface area contributed by atoms with Gasteiger partial charge in [0.1, 0.15) is 17.8 Å². The van der Waals surface area contributed by atoms with Crippen LogP contribution in [0.25, 0.3) is 0 Å². The molecule has 2 atom stereocenters. The zero-order valence-electron chi connectivity index (χ0n) is 15.4.